The van der Waals surface area contributed by atoms with E-state index in [0.29, 0.717) is 16.8 Å². The van der Waals surface area contributed by atoms with Gasteiger partial charge in [-0.25, -0.2) is 4.39 Å². The van der Waals surface area contributed by atoms with Crippen LogP contribution in [0.2, 0.25) is 0 Å². The van der Waals surface area contributed by atoms with Crippen LogP contribution in [0.4, 0.5) is 10.1 Å². The van der Waals surface area contributed by atoms with Gasteiger partial charge in [0.25, 0.3) is 5.91 Å². The Labute approximate surface area is 119 Å². The lowest BCUT2D eigenvalue weighted by atomic mass is 10.1. The number of amides is 1. The number of anilines is 1. The molecule has 1 amide bonds. The van der Waals surface area contributed by atoms with Crippen molar-refractivity contribution in [3.63, 3.8) is 0 Å². The summed E-state index contributed by atoms with van der Waals surface area (Å²) in [5.41, 5.74) is 2.78. The van der Waals surface area contributed by atoms with Gasteiger partial charge < -0.3 is 5.32 Å². The molecule has 19 heavy (non-hydrogen) atoms. The summed E-state index contributed by atoms with van der Waals surface area (Å²) < 4.78 is 13.9. The zero-order valence-electron chi connectivity index (χ0n) is 10.6. The third kappa shape index (κ3) is 3.01. The average molecular weight is 322 g/mol. The molecule has 0 aliphatic heterocycles. The van der Waals surface area contributed by atoms with Crippen LogP contribution >= 0.6 is 15.9 Å². The molecule has 0 aliphatic carbocycles. The molecule has 0 saturated carbocycles. The van der Waals surface area contributed by atoms with Crippen molar-refractivity contribution in [1.82, 2.24) is 0 Å². The fourth-order valence-electron chi connectivity index (χ4n) is 1.81. The van der Waals surface area contributed by atoms with Crippen molar-refractivity contribution in [3.05, 3.63) is 63.4 Å². The lowest BCUT2D eigenvalue weighted by Crippen LogP contribution is -2.14. The Morgan fingerprint density at radius 2 is 1.95 bits per heavy atom. The van der Waals surface area contributed by atoms with E-state index in [9.17, 15) is 9.18 Å². The number of carbonyl (C=O) groups excluding carboxylic acids is 1. The van der Waals surface area contributed by atoms with E-state index >= 15 is 0 Å². The van der Waals surface area contributed by atoms with Crippen LogP contribution in [0.1, 0.15) is 21.5 Å². The molecule has 0 unspecified atom stereocenters. The molecular formula is C15H13BrFNO. The number of aryl methyl sites for hydroxylation is 1. The summed E-state index contributed by atoms with van der Waals surface area (Å²) in [5.74, 6) is -0.511. The Morgan fingerprint density at radius 3 is 2.63 bits per heavy atom. The highest BCUT2D eigenvalue weighted by atomic mass is 79.9. The van der Waals surface area contributed by atoms with E-state index in [1.54, 1.807) is 19.1 Å². The fraction of sp³-hybridized carbons (Fsp3) is 0.133. The standard InChI is InChI=1S/C15H13BrFNO/c1-9-8-11(17)6-7-14(9)18-15(19)12-4-3-5-13(16)10(12)2/h3-8H,1-2H3,(H,18,19). The molecule has 2 nitrogen and oxygen atoms in total. The van der Waals surface area contributed by atoms with Gasteiger partial charge in [-0.15, -0.1) is 0 Å². The molecule has 0 bridgehead atoms. The van der Waals surface area contributed by atoms with Gasteiger partial charge in [-0.1, -0.05) is 22.0 Å². The Morgan fingerprint density at radius 1 is 1.21 bits per heavy atom. The Balaban J connectivity index is 2.28. The maximum absolute atomic E-state index is 13.0. The molecule has 4 heteroatoms. The van der Waals surface area contributed by atoms with Crippen LogP contribution in [0.15, 0.2) is 40.9 Å². The Bertz CT molecular complexity index is 640. The van der Waals surface area contributed by atoms with E-state index in [1.807, 2.05) is 19.1 Å². The minimum absolute atomic E-state index is 0.200. The van der Waals surface area contributed by atoms with E-state index in [1.165, 1.54) is 12.1 Å². The summed E-state index contributed by atoms with van der Waals surface area (Å²) in [6.07, 6.45) is 0. The molecule has 0 saturated heterocycles. The lowest BCUT2D eigenvalue weighted by molar-refractivity contribution is 0.102. The van der Waals surface area contributed by atoms with Crippen LogP contribution in [0.25, 0.3) is 0 Å². The summed E-state index contributed by atoms with van der Waals surface area (Å²) in [6, 6.07) is 9.74. The smallest absolute Gasteiger partial charge is 0.255 e. The van der Waals surface area contributed by atoms with Crippen molar-refractivity contribution < 1.29 is 9.18 Å². The second kappa shape index (κ2) is 5.53. The van der Waals surface area contributed by atoms with Crippen LogP contribution in [-0.4, -0.2) is 5.91 Å². The molecule has 0 heterocycles. The van der Waals surface area contributed by atoms with Crippen molar-refractivity contribution in [1.29, 1.82) is 0 Å². The number of nitrogens with one attached hydrogen (secondary N) is 1. The molecule has 98 valence electrons. The minimum atomic E-state index is -0.311. The van der Waals surface area contributed by atoms with Gasteiger partial charge >= 0.3 is 0 Å². The van der Waals surface area contributed by atoms with Crippen LogP contribution in [0.3, 0.4) is 0 Å². The van der Waals surface area contributed by atoms with Gasteiger partial charge in [0, 0.05) is 15.7 Å². The maximum Gasteiger partial charge on any atom is 0.255 e. The predicted octanol–water partition coefficient (Wildman–Crippen LogP) is 4.46. The lowest BCUT2D eigenvalue weighted by Gasteiger charge is -2.10. The molecule has 0 radical (unpaired) electrons. The molecule has 2 aromatic rings. The Kier molecular flexibility index (Phi) is 4.00. The molecule has 1 N–H and O–H groups in total. The first-order valence-electron chi connectivity index (χ1n) is 5.81. The predicted molar refractivity (Wildman–Crippen MR) is 78.0 cm³/mol. The van der Waals surface area contributed by atoms with Gasteiger partial charge in [0.05, 0.1) is 0 Å². The average Bonchev–Trinajstić information content (AvgIpc) is 2.36. The van der Waals surface area contributed by atoms with Crippen LogP contribution in [0.5, 0.6) is 0 Å². The van der Waals surface area contributed by atoms with Crippen LogP contribution < -0.4 is 5.32 Å². The topological polar surface area (TPSA) is 29.1 Å². The highest BCUT2D eigenvalue weighted by molar-refractivity contribution is 9.10. The number of halogens is 2. The van der Waals surface area contributed by atoms with E-state index in [-0.39, 0.29) is 11.7 Å². The quantitative estimate of drug-likeness (QED) is 0.869. The highest BCUT2D eigenvalue weighted by Gasteiger charge is 2.12. The summed E-state index contributed by atoms with van der Waals surface area (Å²) in [4.78, 5) is 12.2. The number of benzene rings is 2. The fourth-order valence-corrected chi connectivity index (χ4v) is 2.18. The molecule has 2 rings (SSSR count). The Hall–Kier alpha value is -1.68. The third-order valence-corrected chi connectivity index (χ3v) is 3.81. The second-order valence-corrected chi connectivity index (χ2v) is 5.18. The van der Waals surface area contributed by atoms with Gasteiger partial charge in [-0.05, 0) is 55.3 Å². The SMILES string of the molecule is Cc1cc(F)ccc1NC(=O)c1cccc(Br)c1C. The van der Waals surface area contributed by atoms with Crippen LogP contribution in [-0.2, 0) is 0 Å². The molecular weight excluding hydrogens is 309 g/mol. The third-order valence-electron chi connectivity index (χ3n) is 2.95. The molecule has 2 aromatic carbocycles. The number of hydrogen-bond donors (Lipinski definition) is 1. The zero-order chi connectivity index (χ0) is 14.0. The van der Waals surface area contributed by atoms with Gasteiger partial charge in [0.2, 0.25) is 0 Å². The monoisotopic (exact) mass is 321 g/mol. The van der Waals surface area contributed by atoms with E-state index < -0.39 is 0 Å². The van der Waals surface area contributed by atoms with Gasteiger partial charge in [-0.3, -0.25) is 4.79 Å². The minimum Gasteiger partial charge on any atom is -0.322 e. The highest BCUT2D eigenvalue weighted by Crippen LogP contribution is 2.22. The van der Waals surface area contributed by atoms with Gasteiger partial charge in [0.15, 0.2) is 0 Å². The molecule has 0 aromatic heterocycles. The van der Waals surface area contributed by atoms with Gasteiger partial charge in [0.1, 0.15) is 5.82 Å². The first kappa shape index (κ1) is 13.7. The molecule has 0 fully saturated rings. The number of rotatable bonds is 2. The van der Waals surface area contributed by atoms with Crippen molar-refractivity contribution in [2.45, 2.75) is 13.8 Å². The van der Waals surface area contributed by atoms with E-state index in [0.717, 1.165) is 10.0 Å². The van der Waals surface area contributed by atoms with Crippen molar-refractivity contribution in [2.75, 3.05) is 5.32 Å². The number of hydrogen-bond acceptors (Lipinski definition) is 1. The molecule has 0 spiro atoms. The maximum atomic E-state index is 13.0. The zero-order valence-corrected chi connectivity index (χ0v) is 12.2. The number of carbonyl (C=O) groups is 1. The van der Waals surface area contributed by atoms with E-state index in [2.05, 4.69) is 21.2 Å². The second-order valence-electron chi connectivity index (χ2n) is 4.33. The summed E-state index contributed by atoms with van der Waals surface area (Å²) >= 11 is 3.39. The van der Waals surface area contributed by atoms with Crippen molar-refractivity contribution in [3.8, 4) is 0 Å². The largest absolute Gasteiger partial charge is 0.322 e. The van der Waals surface area contributed by atoms with Crippen LogP contribution in [0, 0.1) is 19.7 Å². The van der Waals surface area contributed by atoms with Crippen molar-refractivity contribution in [2.24, 2.45) is 0 Å². The van der Waals surface area contributed by atoms with Crippen molar-refractivity contribution >= 4 is 27.5 Å². The molecule has 0 atom stereocenters. The van der Waals surface area contributed by atoms with Gasteiger partial charge in [-0.2, -0.15) is 0 Å². The first-order valence-corrected chi connectivity index (χ1v) is 6.61. The summed E-state index contributed by atoms with van der Waals surface area (Å²) in [6.45, 7) is 3.63. The molecule has 0 aliphatic rings. The normalized spacial score (nSPS) is 10.3. The summed E-state index contributed by atoms with van der Waals surface area (Å²) in [7, 11) is 0. The summed E-state index contributed by atoms with van der Waals surface area (Å²) in [5, 5.41) is 2.80. The first-order chi connectivity index (χ1) is 8.99. The van der Waals surface area contributed by atoms with E-state index in [4.69, 9.17) is 0 Å².